The first kappa shape index (κ1) is 9.19. The van der Waals surface area contributed by atoms with E-state index in [4.69, 9.17) is 4.74 Å². The molecule has 1 saturated carbocycles. The van der Waals surface area contributed by atoms with Crippen molar-refractivity contribution in [1.82, 2.24) is 4.98 Å². The van der Waals surface area contributed by atoms with Crippen LogP contribution >= 0.6 is 0 Å². The van der Waals surface area contributed by atoms with E-state index in [0.29, 0.717) is 6.61 Å². The van der Waals surface area contributed by atoms with Gasteiger partial charge in [0.15, 0.2) is 0 Å². The molecule has 0 N–H and O–H groups in total. The third kappa shape index (κ3) is 1.39. The molecule has 74 valence electrons. The minimum atomic E-state index is -0.419. The van der Waals surface area contributed by atoms with Gasteiger partial charge in [0.1, 0.15) is 5.41 Å². The average molecular weight is 191 g/mol. The summed E-state index contributed by atoms with van der Waals surface area (Å²) in [4.78, 5) is 15.9. The van der Waals surface area contributed by atoms with Crippen LogP contribution in [0.3, 0.4) is 0 Å². The molecule has 3 nitrogen and oxygen atoms in total. The van der Waals surface area contributed by atoms with Crippen molar-refractivity contribution in [3.8, 4) is 0 Å². The largest absolute Gasteiger partial charge is 0.465 e. The van der Waals surface area contributed by atoms with E-state index in [1.165, 1.54) is 0 Å². The van der Waals surface area contributed by atoms with Gasteiger partial charge in [-0.15, -0.1) is 0 Å². The van der Waals surface area contributed by atoms with Crippen molar-refractivity contribution in [2.45, 2.75) is 25.2 Å². The van der Waals surface area contributed by atoms with E-state index in [-0.39, 0.29) is 5.97 Å². The Morgan fingerprint density at radius 1 is 1.57 bits per heavy atom. The van der Waals surface area contributed by atoms with Crippen LogP contribution in [0.1, 0.15) is 25.5 Å². The van der Waals surface area contributed by atoms with Gasteiger partial charge < -0.3 is 4.74 Å². The molecule has 0 radical (unpaired) electrons. The molecule has 1 aliphatic carbocycles. The molecule has 14 heavy (non-hydrogen) atoms. The highest BCUT2D eigenvalue weighted by atomic mass is 16.5. The van der Waals surface area contributed by atoms with Crippen molar-refractivity contribution in [3.05, 3.63) is 30.1 Å². The number of carbonyl (C=O) groups is 1. The van der Waals surface area contributed by atoms with Crippen molar-refractivity contribution in [2.24, 2.45) is 0 Å². The molecule has 0 unspecified atom stereocenters. The molecule has 1 aliphatic rings. The Kier molecular flexibility index (Phi) is 2.23. The van der Waals surface area contributed by atoms with E-state index in [0.717, 1.165) is 18.5 Å². The third-order valence-corrected chi connectivity index (χ3v) is 2.57. The van der Waals surface area contributed by atoms with Gasteiger partial charge in [0.2, 0.25) is 0 Å². The Bertz CT molecular complexity index is 330. The van der Waals surface area contributed by atoms with Gasteiger partial charge in [-0.3, -0.25) is 9.78 Å². The normalized spacial score (nSPS) is 17.5. The lowest BCUT2D eigenvalue weighted by atomic mass is 10.0. The van der Waals surface area contributed by atoms with Crippen LogP contribution in [-0.4, -0.2) is 17.6 Å². The molecule has 0 atom stereocenters. The number of hydrogen-bond donors (Lipinski definition) is 0. The zero-order valence-corrected chi connectivity index (χ0v) is 8.19. The molecule has 1 heterocycles. The van der Waals surface area contributed by atoms with Crippen LogP contribution in [0.4, 0.5) is 0 Å². The molecule has 1 fully saturated rings. The van der Waals surface area contributed by atoms with Gasteiger partial charge in [-0.1, -0.05) is 6.07 Å². The fourth-order valence-electron chi connectivity index (χ4n) is 1.60. The second-order valence-corrected chi connectivity index (χ2v) is 3.52. The maximum absolute atomic E-state index is 11.7. The highest BCUT2D eigenvalue weighted by Gasteiger charge is 2.53. The molecule has 0 spiro atoms. The summed E-state index contributed by atoms with van der Waals surface area (Å²) < 4.78 is 5.04. The van der Waals surface area contributed by atoms with Crippen LogP contribution in [0.15, 0.2) is 24.4 Å². The summed E-state index contributed by atoms with van der Waals surface area (Å²) in [5, 5.41) is 0. The van der Waals surface area contributed by atoms with Crippen molar-refractivity contribution in [3.63, 3.8) is 0 Å². The quantitative estimate of drug-likeness (QED) is 0.682. The summed E-state index contributed by atoms with van der Waals surface area (Å²) in [5.74, 6) is -0.126. The summed E-state index contributed by atoms with van der Waals surface area (Å²) in [7, 11) is 0. The first-order valence-electron chi connectivity index (χ1n) is 4.88. The second kappa shape index (κ2) is 3.40. The summed E-state index contributed by atoms with van der Waals surface area (Å²) >= 11 is 0. The SMILES string of the molecule is CCOC(=O)C1(c2ccccn2)CC1. The number of carbonyl (C=O) groups excluding carboxylic acids is 1. The molecule has 0 bridgehead atoms. The molecule has 0 aromatic carbocycles. The Balaban J connectivity index is 2.21. The average Bonchev–Trinajstić information content (AvgIpc) is 3.00. The fraction of sp³-hybridized carbons (Fsp3) is 0.455. The second-order valence-electron chi connectivity index (χ2n) is 3.52. The minimum absolute atomic E-state index is 0.126. The summed E-state index contributed by atoms with van der Waals surface area (Å²) in [6.07, 6.45) is 3.44. The highest BCUT2D eigenvalue weighted by molar-refractivity contribution is 5.85. The molecular formula is C11H13NO2. The number of rotatable bonds is 3. The molecule has 0 saturated heterocycles. The van der Waals surface area contributed by atoms with Crippen molar-refractivity contribution >= 4 is 5.97 Å². The zero-order valence-electron chi connectivity index (χ0n) is 8.19. The smallest absolute Gasteiger partial charge is 0.318 e. The lowest BCUT2D eigenvalue weighted by molar-refractivity contribution is -0.146. The van der Waals surface area contributed by atoms with Crippen molar-refractivity contribution in [1.29, 1.82) is 0 Å². The van der Waals surface area contributed by atoms with E-state index in [2.05, 4.69) is 4.98 Å². The van der Waals surface area contributed by atoms with E-state index in [9.17, 15) is 4.79 Å². The molecule has 3 heteroatoms. The molecule has 2 rings (SSSR count). The summed E-state index contributed by atoms with van der Waals surface area (Å²) in [6.45, 7) is 2.26. The third-order valence-electron chi connectivity index (χ3n) is 2.57. The maximum atomic E-state index is 11.7. The van der Waals surface area contributed by atoms with Crippen molar-refractivity contribution < 1.29 is 9.53 Å². The molecule has 0 amide bonds. The molecule has 0 aliphatic heterocycles. The Morgan fingerprint density at radius 2 is 2.36 bits per heavy atom. The molecular weight excluding hydrogens is 178 g/mol. The number of ether oxygens (including phenoxy) is 1. The molecule has 1 aromatic heterocycles. The van der Waals surface area contributed by atoms with Crippen LogP contribution in [0.25, 0.3) is 0 Å². The number of hydrogen-bond acceptors (Lipinski definition) is 3. The van der Waals surface area contributed by atoms with E-state index < -0.39 is 5.41 Å². The topological polar surface area (TPSA) is 39.2 Å². The predicted octanol–water partition coefficient (Wildman–Crippen LogP) is 1.68. The van der Waals surface area contributed by atoms with Crippen molar-refractivity contribution in [2.75, 3.05) is 6.61 Å². The summed E-state index contributed by atoms with van der Waals surface area (Å²) in [5.41, 5.74) is 0.426. The van der Waals surface area contributed by atoms with Gasteiger partial charge in [-0.2, -0.15) is 0 Å². The standard InChI is InChI=1S/C11H13NO2/c1-2-14-10(13)11(6-7-11)9-5-3-4-8-12-9/h3-5,8H,2,6-7H2,1H3. The Hall–Kier alpha value is -1.38. The van der Waals surface area contributed by atoms with Crippen LogP contribution in [0, 0.1) is 0 Å². The maximum Gasteiger partial charge on any atom is 0.318 e. The first-order valence-corrected chi connectivity index (χ1v) is 4.88. The number of nitrogens with zero attached hydrogens (tertiary/aromatic N) is 1. The lowest BCUT2D eigenvalue weighted by Crippen LogP contribution is -2.24. The van der Waals surface area contributed by atoms with Gasteiger partial charge in [-0.25, -0.2) is 0 Å². The van der Waals surface area contributed by atoms with Gasteiger partial charge in [0, 0.05) is 6.20 Å². The Labute approximate surface area is 83.1 Å². The minimum Gasteiger partial charge on any atom is -0.465 e. The van der Waals surface area contributed by atoms with Gasteiger partial charge in [-0.05, 0) is 31.9 Å². The monoisotopic (exact) mass is 191 g/mol. The number of esters is 1. The lowest BCUT2D eigenvalue weighted by Gasteiger charge is -2.12. The van der Waals surface area contributed by atoms with E-state index in [1.807, 2.05) is 25.1 Å². The fourth-order valence-corrected chi connectivity index (χ4v) is 1.60. The summed E-state index contributed by atoms with van der Waals surface area (Å²) in [6, 6.07) is 5.65. The molecule has 1 aromatic rings. The van der Waals surface area contributed by atoms with Gasteiger partial charge in [0.25, 0.3) is 0 Å². The van der Waals surface area contributed by atoms with E-state index >= 15 is 0 Å². The van der Waals surface area contributed by atoms with Crippen LogP contribution in [0.2, 0.25) is 0 Å². The highest BCUT2D eigenvalue weighted by Crippen LogP contribution is 2.48. The predicted molar refractivity (Wildman–Crippen MR) is 51.8 cm³/mol. The number of aromatic nitrogens is 1. The van der Waals surface area contributed by atoms with Crippen LogP contribution in [0.5, 0.6) is 0 Å². The van der Waals surface area contributed by atoms with Crippen LogP contribution in [-0.2, 0) is 14.9 Å². The Morgan fingerprint density at radius 3 is 2.86 bits per heavy atom. The first-order chi connectivity index (χ1) is 6.79. The van der Waals surface area contributed by atoms with Crippen LogP contribution < -0.4 is 0 Å². The zero-order chi connectivity index (χ0) is 10.0. The van der Waals surface area contributed by atoms with Gasteiger partial charge >= 0.3 is 5.97 Å². The van der Waals surface area contributed by atoms with Gasteiger partial charge in [0.05, 0.1) is 12.3 Å². The van der Waals surface area contributed by atoms with E-state index in [1.54, 1.807) is 6.20 Å². The number of pyridine rings is 1.